The van der Waals surface area contributed by atoms with Gasteiger partial charge in [-0.15, -0.1) is 12.8 Å². The molecule has 0 aromatic rings. The third-order valence-corrected chi connectivity index (χ3v) is 8.81. The van der Waals surface area contributed by atoms with Gasteiger partial charge in [-0.3, -0.25) is 9.59 Å². The number of ether oxygens (including phenoxy) is 4. The van der Waals surface area contributed by atoms with E-state index in [4.69, 9.17) is 39.9 Å². The first-order valence-corrected chi connectivity index (χ1v) is 23.5. The number of carboxylic acid groups (broad SMARTS) is 1. The fraction of sp³-hybridized carbons (Fsp3) is 0.792. The number of amides is 1. The van der Waals surface area contributed by atoms with Crippen molar-refractivity contribution in [1.29, 1.82) is 0 Å². The number of aldehydes is 2. The lowest BCUT2D eigenvalue weighted by Gasteiger charge is -2.19. The van der Waals surface area contributed by atoms with Crippen LogP contribution in [0.5, 0.6) is 0 Å². The summed E-state index contributed by atoms with van der Waals surface area (Å²) in [6, 6.07) is -0.326. The minimum atomic E-state index is -0.692. The number of allylic oxidation sites excluding steroid dienone is 1. The quantitative estimate of drug-likeness (QED) is 0.0126. The van der Waals surface area contributed by atoms with Gasteiger partial charge in [0.2, 0.25) is 5.91 Å². The number of aliphatic hydroxyl groups is 1. The van der Waals surface area contributed by atoms with Crippen LogP contribution >= 0.6 is 0 Å². The summed E-state index contributed by atoms with van der Waals surface area (Å²) in [5.74, 6) is -0.773. The normalized spacial score (nSPS) is 11.0. The lowest BCUT2D eigenvalue weighted by molar-refractivity contribution is -0.137. The Bertz CT molecular complexity index is 1040. The molecular formula is C48H92B2N4O10. The molecule has 0 rings (SSSR count). The number of likely N-dealkylation sites (N-methyl/N-ethyl adjacent to an activating group) is 1. The third-order valence-electron chi connectivity index (χ3n) is 8.81. The van der Waals surface area contributed by atoms with E-state index < -0.39 is 5.97 Å². The first-order valence-electron chi connectivity index (χ1n) is 23.5. The van der Waals surface area contributed by atoms with Crippen molar-refractivity contribution in [2.24, 2.45) is 0 Å². The van der Waals surface area contributed by atoms with E-state index in [-0.39, 0.29) is 31.2 Å². The van der Waals surface area contributed by atoms with Gasteiger partial charge < -0.3 is 59.9 Å². The molecule has 0 bridgehead atoms. The van der Waals surface area contributed by atoms with Crippen molar-refractivity contribution in [3.63, 3.8) is 0 Å². The van der Waals surface area contributed by atoms with Crippen molar-refractivity contribution in [1.82, 2.24) is 21.2 Å². The van der Waals surface area contributed by atoms with Gasteiger partial charge in [0, 0.05) is 37.7 Å². The number of carbonyl (C=O) groups is 4. The number of terminal acetylenes is 1. The molecule has 1 unspecified atom stereocenters. The van der Waals surface area contributed by atoms with Crippen LogP contribution in [0.3, 0.4) is 0 Å². The largest absolute Gasteiger partial charge is 0.481 e. The highest BCUT2D eigenvalue weighted by atomic mass is 16.5. The lowest BCUT2D eigenvalue weighted by atomic mass is 10.0. The Kier molecular flexibility index (Phi) is 70.3. The zero-order valence-corrected chi connectivity index (χ0v) is 40.8. The standard InChI is InChI=1S/C28H52N2O7.C9H19NO2.C7H14BNO.C2H5B.C2H2/c1-25(14-12-10-8-6-4-2-3-5-7-9-11-13-15-28(34)35)30-26(24-32)16-17-27(33)29-18-20-36-22-23-37-21-19-31;1-9(2)8-12-7-6-11-5-4-10-3;1-2-3-4-5-7(6-10)9-8;1-2-3;1-2/h19,26,30,32H,1-18,20-24H2,(H,29,33)(H,34,35);10H,1,4-8H2,2-3H3;6-7,9H,2-5H2,1H3;2H2,1H3;1-2H/t26-;;;;/m0..../s1. The second kappa shape index (κ2) is 64.3. The number of aliphatic carboxylic acids is 1. The van der Waals surface area contributed by atoms with E-state index in [1.54, 1.807) is 0 Å². The van der Waals surface area contributed by atoms with Gasteiger partial charge in [-0.25, -0.2) is 0 Å². The predicted octanol–water partition coefficient (Wildman–Crippen LogP) is 6.59. The number of unbranched alkanes of at least 4 members (excludes halogenated alkanes) is 13. The molecule has 0 aliphatic rings. The average Bonchev–Trinajstić information content (AvgIpc) is 3.28. The molecular weight excluding hydrogens is 814 g/mol. The van der Waals surface area contributed by atoms with Gasteiger partial charge in [0.25, 0.3) is 0 Å². The Morgan fingerprint density at radius 3 is 1.67 bits per heavy atom. The average molecular weight is 907 g/mol. The fourth-order valence-electron chi connectivity index (χ4n) is 5.41. The third kappa shape index (κ3) is 70.6. The van der Waals surface area contributed by atoms with Crippen molar-refractivity contribution in [2.45, 2.75) is 168 Å². The van der Waals surface area contributed by atoms with E-state index >= 15 is 0 Å². The molecule has 2 atom stereocenters. The smallest absolute Gasteiger partial charge is 0.303 e. The molecule has 0 heterocycles. The number of nitrogens with one attached hydrogen (secondary N) is 4. The molecule has 64 heavy (non-hydrogen) atoms. The summed E-state index contributed by atoms with van der Waals surface area (Å²) in [5.41, 5.74) is 1.96. The van der Waals surface area contributed by atoms with Crippen LogP contribution in [0.2, 0.25) is 6.32 Å². The van der Waals surface area contributed by atoms with Crippen LogP contribution in [0.25, 0.3) is 0 Å². The van der Waals surface area contributed by atoms with Crippen LogP contribution in [-0.2, 0) is 38.1 Å². The lowest BCUT2D eigenvalue weighted by Crippen LogP contribution is -2.34. The summed E-state index contributed by atoms with van der Waals surface area (Å²) in [7, 11) is 11.8. The van der Waals surface area contributed by atoms with Crippen molar-refractivity contribution >= 4 is 40.3 Å². The van der Waals surface area contributed by atoms with Crippen LogP contribution in [0.4, 0.5) is 0 Å². The highest BCUT2D eigenvalue weighted by molar-refractivity contribution is 6.08. The fourth-order valence-corrected chi connectivity index (χ4v) is 5.41. The molecule has 370 valence electrons. The Morgan fingerprint density at radius 2 is 1.22 bits per heavy atom. The number of hydrogen-bond donors (Lipinski definition) is 6. The molecule has 0 saturated heterocycles. The topological polar surface area (TPSA) is 194 Å². The first-order chi connectivity index (χ1) is 31.0. The van der Waals surface area contributed by atoms with E-state index in [9.17, 15) is 24.3 Å². The van der Waals surface area contributed by atoms with Gasteiger partial charge in [0.1, 0.15) is 19.2 Å². The van der Waals surface area contributed by atoms with Gasteiger partial charge in [-0.2, -0.15) is 0 Å². The molecule has 0 fully saturated rings. The summed E-state index contributed by atoms with van der Waals surface area (Å²) in [6.45, 7) is 18.9. The number of carboxylic acids is 1. The summed E-state index contributed by atoms with van der Waals surface area (Å²) >= 11 is 0. The maximum atomic E-state index is 12.0. The number of aliphatic hydroxyl groups excluding tert-OH is 1. The van der Waals surface area contributed by atoms with Gasteiger partial charge in [0.15, 0.2) is 7.98 Å². The molecule has 0 saturated carbocycles. The number of rotatable bonds is 43. The molecule has 6 N–H and O–H groups in total. The van der Waals surface area contributed by atoms with Crippen LogP contribution in [0.1, 0.15) is 149 Å². The Labute approximate surface area is 393 Å². The Hall–Kier alpha value is -3.03. The van der Waals surface area contributed by atoms with Crippen LogP contribution in [0, 0.1) is 12.8 Å². The van der Waals surface area contributed by atoms with Gasteiger partial charge >= 0.3 is 5.97 Å². The summed E-state index contributed by atoms with van der Waals surface area (Å²) < 4.78 is 20.7. The zero-order chi connectivity index (χ0) is 49.2. The molecule has 0 aliphatic carbocycles. The Morgan fingerprint density at radius 1 is 0.719 bits per heavy atom. The van der Waals surface area contributed by atoms with E-state index in [0.717, 1.165) is 82.0 Å². The monoisotopic (exact) mass is 907 g/mol. The van der Waals surface area contributed by atoms with Crippen LogP contribution < -0.4 is 21.2 Å². The molecule has 14 nitrogen and oxygen atoms in total. The minimum absolute atomic E-state index is 0.0431. The van der Waals surface area contributed by atoms with E-state index in [1.807, 2.05) is 20.9 Å². The first kappa shape index (κ1) is 70.0. The van der Waals surface area contributed by atoms with Gasteiger partial charge in [-0.1, -0.05) is 122 Å². The maximum absolute atomic E-state index is 12.0. The van der Waals surface area contributed by atoms with Crippen molar-refractivity contribution in [3.05, 3.63) is 24.4 Å². The second-order valence-corrected chi connectivity index (χ2v) is 15.0. The van der Waals surface area contributed by atoms with Crippen molar-refractivity contribution in [2.75, 3.05) is 79.6 Å². The van der Waals surface area contributed by atoms with E-state index in [1.165, 1.54) is 64.2 Å². The molecule has 0 aliphatic heterocycles. The number of carbonyl (C=O) groups excluding carboxylic acids is 3. The van der Waals surface area contributed by atoms with Crippen LogP contribution in [-0.4, -0.2) is 142 Å². The summed E-state index contributed by atoms with van der Waals surface area (Å²) in [4.78, 5) is 42.7. The molecule has 0 aromatic heterocycles. The summed E-state index contributed by atoms with van der Waals surface area (Å²) in [5, 5.41) is 29.7. The highest BCUT2D eigenvalue weighted by Crippen LogP contribution is 2.14. The minimum Gasteiger partial charge on any atom is -0.481 e. The van der Waals surface area contributed by atoms with E-state index in [0.29, 0.717) is 71.7 Å². The maximum Gasteiger partial charge on any atom is 0.303 e. The Balaban J connectivity index is -0.000000346. The predicted molar refractivity (Wildman–Crippen MR) is 265 cm³/mol. The van der Waals surface area contributed by atoms with Gasteiger partial charge in [-0.05, 0) is 46.1 Å². The molecule has 1 amide bonds. The van der Waals surface area contributed by atoms with Crippen molar-refractivity contribution in [3.8, 4) is 12.8 Å². The SMILES string of the molecule is C#C.C=C(C)COCCOCCNC.C=C(CCCCCCCCCCCCCCC(=O)O)N[C@H](CO)CCC(=O)NCCOCCOCC=O.[B]CC.[B]NC(C=O)CCCCC. The number of hydrogen-bond acceptors (Lipinski definition) is 12. The molecule has 16 heteroatoms. The van der Waals surface area contributed by atoms with Crippen LogP contribution in [0.15, 0.2) is 24.4 Å². The molecule has 0 spiro atoms. The van der Waals surface area contributed by atoms with Gasteiger partial charge in [0.05, 0.1) is 66.7 Å². The zero-order valence-electron chi connectivity index (χ0n) is 40.8. The highest BCUT2D eigenvalue weighted by Gasteiger charge is 2.11. The summed E-state index contributed by atoms with van der Waals surface area (Å²) in [6.07, 6.45) is 30.6. The second-order valence-electron chi connectivity index (χ2n) is 15.0. The van der Waals surface area contributed by atoms with Crippen molar-refractivity contribution < 1.29 is 48.3 Å². The molecule has 0 aromatic carbocycles. The molecule has 4 radical (unpaired) electrons. The van der Waals surface area contributed by atoms with E-state index in [2.05, 4.69) is 54.1 Å².